The van der Waals surface area contributed by atoms with Crippen LogP contribution >= 0.6 is 0 Å². The molecule has 0 radical (unpaired) electrons. The standard InChI is InChI=1S/C21H27N3O2/c1-17-8-7-11-21(26)24(17)15-12-20(25)22-19-10-4-3-9-18(19)16-23-13-5-2-6-14-23/h3-4,7-11H,2,5-6,12-16H2,1H3,(H,22,25). The summed E-state index contributed by atoms with van der Waals surface area (Å²) in [6.07, 6.45) is 4.09. The number of piperidine rings is 1. The van der Waals surface area contributed by atoms with Gasteiger partial charge in [-0.1, -0.05) is 30.7 Å². The Morgan fingerprint density at radius 3 is 2.58 bits per heavy atom. The average Bonchev–Trinajstić information content (AvgIpc) is 2.64. The number of hydrogen-bond donors (Lipinski definition) is 1. The van der Waals surface area contributed by atoms with Crippen molar-refractivity contribution in [3.8, 4) is 0 Å². The lowest BCUT2D eigenvalue weighted by Gasteiger charge is -2.27. The minimum atomic E-state index is -0.0664. The maximum Gasteiger partial charge on any atom is 0.250 e. The molecular weight excluding hydrogens is 326 g/mol. The molecule has 0 unspecified atom stereocenters. The molecule has 1 N–H and O–H groups in total. The molecule has 138 valence electrons. The fraction of sp³-hybridized carbons (Fsp3) is 0.429. The molecule has 0 spiro atoms. The minimum Gasteiger partial charge on any atom is -0.326 e. The maximum absolute atomic E-state index is 12.4. The van der Waals surface area contributed by atoms with Crippen molar-refractivity contribution in [3.05, 3.63) is 64.1 Å². The largest absolute Gasteiger partial charge is 0.326 e. The van der Waals surface area contributed by atoms with Gasteiger partial charge in [-0.25, -0.2) is 0 Å². The summed E-state index contributed by atoms with van der Waals surface area (Å²) in [7, 11) is 0. The van der Waals surface area contributed by atoms with Crippen molar-refractivity contribution in [1.82, 2.24) is 9.47 Å². The van der Waals surface area contributed by atoms with E-state index < -0.39 is 0 Å². The third kappa shape index (κ3) is 4.82. The van der Waals surface area contributed by atoms with E-state index in [1.54, 1.807) is 10.6 Å². The Morgan fingerprint density at radius 2 is 1.81 bits per heavy atom. The van der Waals surface area contributed by atoms with E-state index in [1.807, 2.05) is 31.2 Å². The van der Waals surface area contributed by atoms with Crippen LogP contribution in [-0.2, 0) is 17.9 Å². The molecule has 26 heavy (non-hydrogen) atoms. The van der Waals surface area contributed by atoms with Crippen LogP contribution in [0, 0.1) is 6.92 Å². The van der Waals surface area contributed by atoms with Gasteiger partial charge in [-0.05, 0) is 50.6 Å². The average molecular weight is 353 g/mol. The Bertz CT molecular complexity index is 807. The number of benzene rings is 1. The fourth-order valence-corrected chi connectivity index (χ4v) is 3.47. The number of carbonyl (C=O) groups excluding carboxylic acids is 1. The summed E-state index contributed by atoms with van der Waals surface area (Å²) in [4.78, 5) is 26.8. The summed E-state index contributed by atoms with van der Waals surface area (Å²) < 4.78 is 1.64. The van der Waals surface area contributed by atoms with Gasteiger partial charge in [-0.3, -0.25) is 14.5 Å². The first-order valence-electron chi connectivity index (χ1n) is 9.40. The molecule has 5 nitrogen and oxygen atoms in total. The highest BCUT2D eigenvalue weighted by Crippen LogP contribution is 2.20. The molecule has 0 atom stereocenters. The van der Waals surface area contributed by atoms with Crippen LogP contribution in [0.3, 0.4) is 0 Å². The van der Waals surface area contributed by atoms with Crippen molar-refractivity contribution in [3.63, 3.8) is 0 Å². The third-order valence-corrected chi connectivity index (χ3v) is 4.96. The molecule has 1 aromatic carbocycles. The molecule has 1 aliphatic heterocycles. The normalized spacial score (nSPS) is 15.0. The number of carbonyl (C=O) groups is 1. The smallest absolute Gasteiger partial charge is 0.250 e. The Kier molecular flexibility index (Phi) is 6.23. The van der Waals surface area contributed by atoms with E-state index in [4.69, 9.17) is 0 Å². The summed E-state index contributed by atoms with van der Waals surface area (Å²) in [5.41, 5.74) is 2.83. The highest BCUT2D eigenvalue weighted by Gasteiger charge is 2.13. The fourth-order valence-electron chi connectivity index (χ4n) is 3.47. The van der Waals surface area contributed by atoms with Crippen molar-refractivity contribution in [1.29, 1.82) is 0 Å². The van der Waals surface area contributed by atoms with Crippen molar-refractivity contribution >= 4 is 11.6 Å². The van der Waals surface area contributed by atoms with E-state index in [-0.39, 0.29) is 17.9 Å². The third-order valence-electron chi connectivity index (χ3n) is 4.96. The van der Waals surface area contributed by atoms with E-state index >= 15 is 0 Å². The van der Waals surface area contributed by atoms with Gasteiger partial charge >= 0.3 is 0 Å². The highest BCUT2D eigenvalue weighted by molar-refractivity contribution is 5.91. The molecule has 0 bridgehead atoms. The molecule has 0 aliphatic carbocycles. The molecule has 1 amide bonds. The van der Waals surface area contributed by atoms with Crippen LogP contribution in [0.1, 0.15) is 36.9 Å². The number of rotatable bonds is 6. The maximum atomic E-state index is 12.4. The number of aryl methyl sites for hydroxylation is 1. The quantitative estimate of drug-likeness (QED) is 0.868. The first-order valence-corrected chi connectivity index (χ1v) is 9.40. The van der Waals surface area contributed by atoms with E-state index in [1.165, 1.54) is 25.3 Å². The van der Waals surface area contributed by atoms with E-state index in [9.17, 15) is 9.59 Å². The van der Waals surface area contributed by atoms with Crippen molar-refractivity contribution < 1.29 is 4.79 Å². The number of anilines is 1. The molecule has 1 aliphatic rings. The number of amides is 1. The van der Waals surface area contributed by atoms with Gasteiger partial charge in [0.15, 0.2) is 0 Å². The number of hydrogen-bond acceptors (Lipinski definition) is 3. The second kappa shape index (κ2) is 8.81. The zero-order chi connectivity index (χ0) is 18.4. The first kappa shape index (κ1) is 18.4. The van der Waals surface area contributed by atoms with Crippen molar-refractivity contribution in [2.45, 2.75) is 45.7 Å². The van der Waals surface area contributed by atoms with Crippen LogP contribution in [0.25, 0.3) is 0 Å². The van der Waals surface area contributed by atoms with Gasteiger partial charge in [-0.2, -0.15) is 0 Å². The highest BCUT2D eigenvalue weighted by atomic mass is 16.1. The minimum absolute atomic E-state index is 0.0637. The SMILES string of the molecule is Cc1cccc(=O)n1CCC(=O)Nc1ccccc1CN1CCCCC1. The molecule has 2 aromatic rings. The van der Waals surface area contributed by atoms with E-state index in [2.05, 4.69) is 16.3 Å². The summed E-state index contributed by atoms with van der Waals surface area (Å²) in [5.74, 6) is -0.0637. The second-order valence-corrected chi connectivity index (χ2v) is 6.95. The Labute approximate surface area is 154 Å². The Morgan fingerprint density at radius 1 is 1.04 bits per heavy atom. The van der Waals surface area contributed by atoms with Crippen molar-refractivity contribution in [2.24, 2.45) is 0 Å². The number of pyridine rings is 1. The lowest BCUT2D eigenvalue weighted by molar-refractivity contribution is -0.116. The van der Waals surface area contributed by atoms with Gasteiger partial charge in [-0.15, -0.1) is 0 Å². The van der Waals surface area contributed by atoms with E-state index in [0.29, 0.717) is 6.54 Å². The van der Waals surface area contributed by atoms with Crippen LogP contribution in [0.15, 0.2) is 47.3 Å². The molecular formula is C21H27N3O2. The predicted octanol–water partition coefficient (Wildman–Crippen LogP) is 3.17. The summed E-state index contributed by atoms with van der Waals surface area (Å²) in [5, 5.41) is 3.03. The Hall–Kier alpha value is -2.40. The molecule has 5 heteroatoms. The zero-order valence-electron chi connectivity index (χ0n) is 15.4. The molecule has 1 fully saturated rings. The van der Waals surface area contributed by atoms with Gasteiger partial charge in [0.2, 0.25) is 5.91 Å². The number of aromatic nitrogens is 1. The summed E-state index contributed by atoms with van der Waals surface area (Å²) >= 11 is 0. The molecule has 2 heterocycles. The lowest BCUT2D eigenvalue weighted by Crippen LogP contribution is -2.29. The van der Waals surface area contributed by atoms with Crippen LogP contribution in [0.4, 0.5) is 5.69 Å². The number of nitrogens with zero attached hydrogens (tertiary/aromatic N) is 2. The number of nitrogens with one attached hydrogen (secondary N) is 1. The molecule has 3 rings (SSSR count). The van der Waals surface area contributed by atoms with Gasteiger partial charge in [0, 0.05) is 37.0 Å². The number of para-hydroxylation sites is 1. The lowest BCUT2D eigenvalue weighted by atomic mass is 10.1. The van der Waals surface area contributed by atoms with Crippen molar-refractivity contribution in [2.75, 3.05) is 18.4 Å². The summed E-state index contributed by atoms with van der Waals surface area (Å²) in [6, 6.07) is 13.1. The van der Waals surface area contributed by atoms with Crippen LogP contribution < -0.4 is 10.9 Å². The summed E-state index contributed by atoms with van der Waals surface area (Å²) in [6.45, 7) is 5.39. The molecule has 0 saturated carbocycles. The van der Waals surface area contributed by atoms with Crippen LogP contribution in [-0.4, -0.2) is 28.5 Å². The monoisotopic (exact) mass is 353 g/mol. The van der Waals surface area contributed by atoms with Gasteiger partial charge in [0.1, 0.15) is 0 Å². The first-order chi connectivity index (χ1) is 12.6. The van der Waals surface area contributed by atoms with Gasteiger partial charge < -0.3 is 9.88 Å². The zero-order valence-corrected chi connectivity index (χ0v) is 15.4. The Balaban J connectivity index is 1.61. The predicted molar refractivity (Wildman–Crippen MR) is 104 cm³/mol. The molecule has 1 aromatic heterocycles. The van der Waals surface area contributed by atoms with E-state index in [0.717, 1.165) is 36.6 Å². The number of likely N-dealkylation sites (tertiary alicyclic amines) is 1. The van der Waals surface area contributed by atoms with Gasteiger partial charge in [0.25, 0.3) is 5.56 Å². The molecule has 1 saturated heterocycles. The van der Waals surface area contributed by atoms with Crippen LogP contribution in [0.2, 0.25) is 0 Å². The topological polar surface area (TPSA) is 54.3 Å². The van der Waals surface area contributed by atoms with Crippen LogP contribution in [0.5, 0.6) is 0 Å². The van der Waals surface area contributed by atoms with Gasteiger partial charge in [0.05, 0.1) is 0 Å². The second-order valence-electron chi connectivity index (χ2n) is 6.95.